The minimum absolute atomic E-state index is 0.202. The van der Waals surface area contributed by atoms with Crippen LogP contribution in [0.5, 0.6) is 0 Å². The topological polar surface area (TPSA) is 55.2 Å². The molecule has 0 amide bonds. The second-order valence-electron chi connectivity index (χ2n) is 7.02. The number of halogens is 1. The van der Waals surface area contributed by atoms with Crippen LogP contribution in [-0.4, -0.2) is 63.5 Å². The van der Waals surface area contributed by atoms with Gasteiger partial charge in [-0.3, -0.25) is 0 Å². The Bertz CT molecular complexity index is 722. The van der Waals surface area contributed by atoms with Gasteiger partial charge >= 0.3 is 5.97 Å². The summed E-state index contributed by atoms with van der Waals surface area (Å²) in [6.07, 6.45) is 0.957. The Kier molecular flexibility index (Phi) is 8.69. The predicted octanol–water partition coefficient (Wildman–Crippen LogP) is 1.57. The highest BCUT2D eigenvalue weighted by atomic mass is 35.5. The Morgan fingerprint density at radius 2 is 1.96 bits per heavy atom. The van der Waals surface area contributed by atoms with E-state index in [2.05, 4.69) is 19.4 Å². The number of benzene rings is 1. The maximum Gasteiger partial charge on any atom is 0.338 e. The van der Waals surface area contributed by atoms with Crippen LogP contribution in [0.3, 0.4) is 0 Å². The van der Waals surface area contributed by atoms with Gasteiger partial charge < -0.3 is 24.6 Å². The molecule has 2 rings (SSSR count). The minimum Gasteiger partial charge on any atom is -0.460 e. The third kappa shape index (κ3) is 5.91. The van der Waals surface area contributed by atoms with Gasteiger partial charge in [-0.25, -0.2) is 4.79 Å². The number of nitrogens with one attached hydrogen (secondary N) is 2. The van der Waals surface area contributed by atoms with Crippen molar-refractivity contribution in [2.45, 2.75) is 19.4 Å². The Morgan fingerprint density at radius 1 is 1.29 bits per heavy atom. The first-order valence-corrected chi connectivity index (χ1v) is 10.1. The molecule has 0 aromatic heterocycles. The van der Waals surface area contributed by atoms with Gasteiger partial charge in [0, 0.05) is 30.8 Å². The molecule has 0 aliphatic carbocycles. The number of methoxy groups -OCH3 is 1. The van der Waals surface area contributed by atoms with E-state index in [1.807, 2.05) is 24.0 Å². The van der Waals surface area contributed by atoms with Crippen molar-refractivity contribution in [2.75, 3.05) is 47.5 Å². The lowest BCUT2D eigenvalue weighted by atomic mass is 9.95. The molecule has 8 heteroatoms. The van der Waals surface area contributed by atoms with Crippen LogP contribution >= 0.6 is 23.8 Å². The van der Waals surface area contributed by atoms with Gasteiger partial charge in [-0.2, -0.15) is 0 Å². The van der Waals surface area contributed by atoms with Gasteiger partial charge in [0.1, 0.15) is 6.61 Å². The Morgan fingerprint density at radius 3 is 2.57 bits per heavy atom. The minimum atomic E-state index is -0.379. The zero-order valence-electron chi connectivity index (χ0n) is 16.9. The van der Waals surface area contributed by atoms with Crippen molar-refractivity contribution in [2.24, 2.45) is 0 Å². The van der Waals surface area contributed by atoms with E-state index in [1.54, 1.807) is 19.2 Å². The molecule has 1 aliphatic heterocycles. The molecular weight excluding hydrogens is 398 g/mol. The van der Waals surface area contributed by atoms with Crippen molar-refractivity contribution >= 4 is 34.9 Å². The van der Waals surface area contributed by atoms with Crippen molar-refractivity contribution < 1.29 is 19.2 Å². The van der Waals surface area contributed by atoms with Crippen molar-refractivity contribution in [3.05, 3.63) is 46.1 Å². The van der Waals surface area contributed by atoms with E-state index < -0.39 is 0 Å². The summed E-state index contributed by atoms with van der Waals surface area (Å²) in [6.45, 7) is 4.23. The fraction of sp³-hybridized carbons (Fsp3) is 0.500. The molecule has 2 N–H and O–H groups in total. The van der Waals surface area contributed by atoms with Crippen LogP contribution in [0.4, 0.5) is 0 Å². The lowest BCUT2D eigenvalue weighted by Gasteiger charge is -2.37. The van der Waals surface area contributed by atoms with Crippen LogP contribution in [0.15, 0.2) is 35.5 Å². The number of thiocarbonyl (C=S) groups is 1. The van der Waals surface area contributed by atoms with Crippen LogP contribution in [0.2, 0.25) is 5.02 Å². The van der Waals surface area contributed by atoms with Crippen LogP contribution in [0.1, 0.15) is 24.9 Å². The van der Waals surface area contributed by atoms with Gasteiger partial charge in [-0.15, -0.1) is 0 Å². The first kappa shape index (κ1) is 22.6. The Balaban J connectivity index is 2.33. The fourth-order valence-corrected chi connectivity index (χ4v) is 3.58. The molecule has 1 aliphatic rings. The van der Waals surface area contributed by atoms with Gasteiger partial charge in [0.05, 0.1) is 38.9 Å². The van der Waals surface area contributed by atoms with E-state index in [-0.39, 0.29) is 18.6 Å². The third-order valence-corrected chi connectivity index (χ3v) is 5.19. The highest BCUT2D eigenvalue weighted by molar-refractivity contribution is 7.80. The number of hydrogen-bond acceptors (Lipinski definition) is 4. The summed E-state index contributed by atoms with van der Waals surface area (Å²) in [5, 5.41) is 4.56. The summed E-state index contributed by atoms with van der Waals surface area (Å²) in [5.74, 6) is -0.368. The molecule has 0 fully saturated rings. The van der Waals surface area contributed by atoms with E-state index in [1.165, 1.54) is 4.90 Å². The first-order valence-electron chi connectivity index (χ1n) is 9.34. The van der Waals surface area contributed by atoms with Crippen molar-refractivity contribution in [1.82, 2.24) is 10.2 Å². The van der Waals surface area contributed by atoms with Crippen LogP contribution in [0, 0.1) is 0 Å². The molecule has 1 aromatic carbocycles. The predicted molar refractivity (Wildman–Crippen MR) is 114 cm³/mol. The van der Waals surface area contributed by atoms with E-state index in [4.69, 9.17) is 33.3 Å². The van der Waals surface area contributed by atoms with Crippen molar-refractivity contribution in [1.29, 1.82) is 0 Å². The highest BCUT2D eigenvalue weighted by Gasteiger charge is 2.34. The summed E-state index contributed by atoms with van der Waals surface area (Å²) in [7, 11) is 5.80. The molecule has 1 atom stereocenters. The monoisotopic (exact) mass is 426 g/mol. The maximum atomic E-state index is 12.9. The van der Waals surface area contributed by atoms with Crippen LogP contribution in [0.25, 0.3) is 0 Å². The summed E-state index contributed by atoms with van der Waals surface area (Å²) < 4.78 is 10.4. The van der Waals surface area contributed by atoms with Gasteiger partial charge in [0.25, 0.3) is 0 Å². The maximum absolute atomic E-state index is 12.9. The molecule has 0 bridgehead atoms. The van der Waals surface area contributed by atoms with Crippen LogP contribution in [-0.2, 0) is 14.3 Å². The molecule has 0 saturated heterocycles. The number of carbonyl (C=O) groups excluding carboxylic acids is 1. The molecule has 0 radical (unpaired) electrons. The highest BCUT2D eigenvalue weighted by Crippen LogP contribution is 2.32. The number of carbonyl (C=O) groups is 1. The number of quaternary nitrogens is 1. The van der Waals surface area contributed by atoms with Crippen molar-refractivity contribution in [3.63, 3.8) is 0 Å². The molecule has 1 heterocycles. The first-order chi connectivity index (χ1) is 13.3. The quantitative estimate of drug-likeness (QED) is 0.355. The van der Waals surface area contributed by atoms with Gasteiger partial charge in [0.15, 0.2) is 5.11 Å². The molecule has 0 spiro atoms. The lowest BCUT2D eigenvalue weighted by molar-refractivity contribution is -0.858. The standard InChI is InChI=1S/C20H28ClN3O3S/c1-14-17(19(25)27-13-12-26-4)18(15-6-8-16(21)9-7-15)22-20(28)24(14)11-5-10-23(2)3/h6-9,18H,5,10-13H2,1-4H3,(H,22,28)/p+1/t18-/m1/s1. The second-order valence-corrected chi connectivity index (χ2v) is 7.85. The normalized spacial score (nSPS) is 17.1. The van der Waals surface area contributed by atoms with Gasteiger partial charge in [0.2, 0.25) is 0 Å². The summed E-state index contributed by atoms with van der Waals surface area (Å²) >= 11 is 11.6. The Hall–Kier alpha value is -1.67. The number of allylic oxidation sites excluding steroid dienone is 1. The number of esters is 1. The largest absolute Gasteiger partial charge is 0.460 e. The number of hydrogen-bond donors (Lipinski definition) is 2. The summed E-state index contributed by atoms with van der Waals surface area (Å²) in [6, 6.07) is 7.01. The van der Waals surface area contributed by atoms with E-state index in [9.17, 15) is 4.79 Å². The van der Waals surface area contributed by atoms with E-state index in [0.29, 0.717) is 22.3 Å². The van der Waals surface area contributed by atoms with E-state index >= 15 is 0 Å². The van der Waals surface area contributed by atoms with Crippen molar-refractivity contribution in [3.8, 4) is 0 Å². The SMILES string of the molecule is COCCOC(=O)C1=C(C)N(CCC[NH+](C)C)C(=S)N[C@@H]1c1ccc(Cl)cc1. The Labute approximate surface area is 177 Å². The lowest BCUT2D eigenvalue weighted by Crippen LogP contribution is -3.05. The molecule has 154 valence electrons. The average molecular weight is 427 g/mol. The van der Waals surface area contributed by atoms with Crippen LogP contribution < -0.4 is 10.2 Å². The molecular formula is C20H29ClN3O3S+. The zero-order valence-corrected chi connectivity index (χ0v) is 18.5. The molecule has 0 saturated carbocycles. The molecule has 1 aromatic rings. The molecule has 0 unspecified atom stereocenters. The van der Waals surface area contributed by atoms with Gasteiger partial charge in [-0.1, -0.05) is 23.7 Å². The number of ether oxygens (including phenoxy) is 2. The average Bonchev–Trinajstić information content (AvgIpc) is 2.64. The van der Waals surface area contributed by atoms with E-state index in [0.717, 1.165) is 30.8 Å². The molecule has 6 nitrogen and oxygen atoms in total. The van der Waals surface area contributed by atoms with Gasteiger partial charge in [-0.05, 0) is 36.8 Å². The summed E-state index contributed by atoms with van der Waals surface area (Å²) in [4.78, 5) is 16.2. The number of rotatable bonds is 9. The fourth-order valence-electron chi connectivity index (χ4n) is 3.11. The zero-order chi connectivity index (χ0) is 20.7. The molecule has 28 heavy (non-hydrogen) atoms. The summed E-state index contributed by atoms with van der Waals surface area (Å²) in [5.41, 5.74) is 2.28. The third-order valence-electron chi connectivity index (χ3n) is 4.60. The number of nitrogens with zero attached hydrogens (tertiary/aromatic N) is 1. The smallest absolute Gasteiger partial charge is 0.338 e. The second kappa shape index (κ2) is 10.8.